The van der Waals surface area contributed by atoms with Crippen LogP contribution in [0, 0.1) is 10.1 Å². The topological polar surface area (TPSA) is 130 Å². The third-order valence-electron chi connectivity index (χ3n) is 2.03. The van der Waals surface area contributed by atoms with Crippen LogP contribution in [0.15, 0.2) is 18.2 Å². The van der Waals surface area contributed by atoms with Gasteiger partial charge in [-0.2, -0.15) is 0 Å². The number of nitro benzene ring substituents is 1. The number of hydrogen-bond acceptors (Lipinski definition) is 5. The number of carboxylic acid groups (broad SMARTS) is 1. The Balaban J connectivity index is 2.70. The van der Waals surface area contributed by atoms with Crippen LogP contribution < -0.4 is 5.32 Å². The average molecular weight is 254 g/mol. The zero-order valence-electron chi connectivity index (χ0n) is 9.12. The van der Waals surface area contributed by atoms with Crippen LogP contribution in [-0.2, 0) is 9.59 Å². The van der Waals surface area contributed by atoms with Gasteiger partial charge in [0.1, 0.15) is 5.75 Å². The van der Waals surface area contributed by atoms with E-state index < -0.39 is 22.5 Å². The standard InChI is InChI=1S/C10H10N2O6/c13-8-5-6(12(17)18)1-2-7(8)11-9(14)3-4-10(15)16/h1-2,5,13H,3-4H2,(H,11,14)(H,15,16). The maximum atomic E-state index is 11.3. The minimum Gasteiger partial charge on any atom is -0.506 e. The molecule has 8 heteroatoms. The molecule has 0 radical (unpaired) electrons. The molecule has 0 saturated carbocycles. The Morgan fingerprint density at radius 1 is 1.33 bits per heavy atom. The van der Waals surface area contributed by atoms with Gasteiger partial charge in [0.15, 0.2) is 0 Å². The lowest BCUT2D eigenvalue weighted by Crippen LogP contribution is -2.13. The van der Waals surface area contributed by atoms with Crippen LogP contribution in [0.5, 0.6) is 5.75 Å². The van der Waals surface area contributed by atoms with Crippen LogP contribution >= 0.6 is 0 Å². The van der Waals surface area contributed by atoms with Gasteiger partial charge in [-0.3, -0.25) is 19.7 Å². The second-order valence-corrected chi connectivity index (χ2v) is 3.40. The lowest BCUT2D eigenvalue weighted by atomic mass is 10.2. The maximum Gasteiger partial charge on any atom is 0.303 e. The SMILES string of the molecule is O=C(O)CCC(=O)Nc1ccc([N+](=O)[O-])cc1O. The predicted molar refractivity (Wildman–Crippen MR) is 60.3 cm³/mol. The monoisotopic (exact) mass is 254 g/mol. The first-order chi connectivity index (χ1) is 8.40. The number of aliphatic carboxylic acids is 1. The smallest absolute Gasteiger partial charge is 0.303 e. The van der Waals surface area contributed by atoms with E-state index in [9.17, 15) is 24.8 Å². The Kier molecular flexibility index (Phi) is 4.19. The molecule has 0 spiro atoms. The molecule has 1 amide bonds. The number of phenolic OH excluding ortho intramolecular Hbond substituents is 1. The molecule has 0 aliphatic carbocycles. The van der Waals surface area contributed by atoms with Gasteiger partial charge in [0, 0.05) is 12.5 Å². The van der Waals surface area contributed by atoms with Gasteiger partial charge in [0.05, 0.1) is 23.1 Å². The van der Waals surface area contributed by atoms with Crippen LogP contribution in [0.1, 0.15) is 12.8 Å². The number of non-ortho nitro benzene ring substituents is 1. The molecule has 0 aliphatic heterocycles. The Morgan fingerprint density at radius 3 is 2.50 bits per heavy atom. The van der Waals surface area contributed by atoms with E-state index in [0.29, 0.717) is 0 Å². The van der Waals surface area contributed by atoms with Gasteiger partial charge in [-0.1, -0.05) is 0 Å². The number of amides is 1. The van der Waals surface area contributed by atoms with Crippen molar-refractivity contribution in [2.75, 3.05) is 5.32 Å². The van der Waals surface area contributed by atoms with E-state index in [4.69, 9.17) is 5.11 Å². The van der Waals surface area contributed by atoms with E-state index in [0.717, 1.165) is 12.1 Å². The normalized spacial score (nSPS) is 9.78. The fourth-order valence-electron chi connectivity index (χ4n) is 1.17. The highest BCUT2D eigenvalue weighted by Gasteiger charge is 2.12. The van der Waals surface area contributed by atoms with Gasteiger partial charge < -0.3 is 15.5 Å². The van der Waals surface area contributed by atoms with E-state index in [-0.39, 0.29) is 24.2 Å². The number of nitrogens with zero attached hydrogens (tertiary/aromatic N) is 1. The highest BCUT2D eigenvalue weighted by Crippen LogP contribution is 2.27. The molecule has 0 saturated heterocycles. The Bertz CT molecular complexity index is 499. The summed E-state index contributed by atoms with van der Waals surface area (Å²) >= 11 is 0. The lowest BCUT2D eigenvalue weighted by molar-refractivity contribution is -0.384. The number of carbonyl (C=O) groups excluding carboxylic acids is 1. The van der Waals surface area contributed by atoms with Crippen LogP contribution in [0.3, 0.4) is 0 Å². The molecule has 8 nitrogen and oxygen atoms in total. The Labute approximate surface area is 101 Å². The zero-order valence-corrected chi connectivity index (χ0v) is 9.12. The lowest BCUT2D eigenvalue weighted by Gasteiger charge is -2.06. The number of aromatic hydroxyl groups is 1. The maximum absolute atomic E-state index is 11.3. The molecule has 1 aromatic rings. The van der Waals surface area contributed by atoms with E-state index in [1.54, 1.807) is 0 Å². The molecule has 1 rings (SSSR count). The number of benzene rings is 1. The van der Waals surface area contributed by atoms with Crippen molar-refractivity contribution in [3.05, 3.63) is 28.3 Å². The quantitative estimate of drug-likeness (QED) is 0.410. The van der Waals surface area contributed by atoms with Crippen molar-refractivity contribution in [3.8, 4) is 5.75 Å². The van der Waals surface area contributed by atoms with Crippen molar-refractivity contribution >= 4 is 23.3 Å². The van der Waals surface area contributed by atoms with E-state index in [2.05, 4.69) is 5.32 Å². The van der Waals surface area contributed by atoms with Crippen molar-refractivity contribution < 1.29 is 24.7 Å². The number of nitro groups is 1. The van der Waals surface area contributed by atoms with Crippen molar-refractivity contribution in [1.82, 2.24) is 0 Å². The molecule has 0 aromatic heterocycles. The summed E-state index contributed by atoms with van der Waals surface area (Å²) in [4.78, 5) is 31.2. The molecule has 0 heterocycles. The number of rotatable bonds is 5. The number of phenols is 1. The number of carboxylic acids is 1. The largest absolute Gasteiger partial charge is 0.506 e. The predicted octanol–water partition coefficient (Wildman–Crippen LogP) is 1.10. The highest BCUT2D eigenvalue weighted by molar-refractivity contribution is 5.93. The van der Waals surface area contributed by atoms with Gasteiger partial charge in [0.2, 0.25) is 5.91 Å². The molecule has 18 heavy (non-hydrogen) atoms. The fraction of sp³-hybridized carbons (Fsp3) is 0.200. The number of hydrogen-bond donors (Lipinski definition) is 3. The number of anilines is 1. The summed E-state index contributed by atoms with van der Waals surface area (Å²) in [5.41, 5.74) is -0.313. The Morgan fingerprint density at radius 2 is 2.00 bits per heavy atom. The van der Waals surface area contributed by atoms with E-state index >= 15 is 0 Å². The van der Waals surface area contributed by atoms with Crippen molar-refractivity contribution in [2.45, 2.75) is 12.8 Å². The molecular weight excluding hydrogens is 244 g/mol. The zero-order chi connectivity index (χ0) is 13.7. The molecule has 0 unspecified atom stereocenters. The second-order valence-electron chi connectivity index (χ2n) is 3.40. The average Bonchev–Trinajstić information content (AvgIpc) is 2.29. The summed E-state index contributed by atoms with van der Waals surface area (Å²) < 4.78 is 0. The number of nitrogens with one attached hydrogen (secondary N) is 1. The van der Waals surface area contributed by atoms with Crippen molar-refractivity contribution in [2.24, 2.45) is 0 Å². The first-order valence-electron chi connectivity index (χ1n) is 4.89. The van der Waals surface area contributed by atoms with E-state index in [1.165, 1.54) is 6.07 Å². The van der Waals surface area contributed by atoms with Crippen LogP contribution in [0.25, 0.3) is 0 Å². The third kappa shape index (κ3) is 3.74. The van der Waals surface area contributed by atoms with Crippen LogP contribution in [0.4, 0.5) is 11.4 Å². The third-order valence-corrected chi connectivity index (χ3v) is 2.03. The van der Waals surface area contributed by atoms with Gasteiger partial charge in [-0.25, -0.2) is 0 Å². The molecule has 0 atom stereocenters. The minimum atomic E-state index is -1.11. The summed E-state index contributed by atoms with van der Waals surface area (Å²) in [6.07, 6.45) is -0.578. The van der Waals surface area contributed by atoms with Crippen molar-refractivity contribution in [3.63, 3.8) is 0 Å². The first kappa shape index (κ1) is 13.4. The molecule has 3 N–H and O–H groups in total. The van der Waals surface area contributed by atoms with Gasteiger partial charge in [-0.15, -0.1) is 0 Å². The summed E-state index contributed by atoms with van der Waals surface area (Å²) in [7, 11) is 0. The minimum absolute atomic E-state index is 0.00371. The summed E-state index contributed by atoms with van der Waals surface area (Å²) in [6.45, 7) is 0. The molecule has 0 aliphatic rings. The van der Waals surface area contributed by atoms with Gasteiger partial charge >= 0.3 is 5.97 Å². The summed E-state index contributed by atoms with van der Waals surface area (Å²) in [5.74, 6) is -2.16. The van der Waals surface area contributed by atoms with Crippen LogP contribution in [0.2, 0.25) is 0 Å². The second kappa shape index (κ2) is 5.62. The number of carbonyl (C=O) groups is 2. The molecule has 1 aromatic carbocycles. The van der Waals surface area contributed by atoms with Crippen LogP contribution in [-0.4, -0.2) is 27.0 Å². The Hall–Kier alpha value is -2.64. The highest BCUT2D eigenvalue weighted by atomic mass is 16.6. The first-order valence-corrected chi connectivity index (χ1v) is 4.89. The molecular formula is C10H10N2O6. The molecule has 0 bridgehead atoms. The fourth-order valence-corrected chi connectivity index (χ4v) is 1.17. The molecule has 96 valence electrons. The van der Waals surface area contributed by atoms with Gasteiger partial charge in [0.25, 0.3) is 5.69 Å². The van der Waals surface area contributed by atoms with Crippen molar-refractivity contribution in [1.29, 1.82) is 0 Å². The summed E-state index contributed by atoms with van der Waals surface area (Å²) in [6, 6.07) is 3.19. The van der Waals surface area contributed by atoms with Gasteiger partial charge in [-0.05, 0) is 6.07 Å². The summed E-state index contributed by atoms with van der Waals surface area (Å²) in [5, 5.41) is 30.5. The van der Waals surface area contributed by atoms with E-state index in [1.807, 2.05) is 0 Å². The molecule has 0 fully saturated rings.